The third-order valence-corrected chi connectivity index (χ3v) is 3.39. The number of rotatable bonds is 2. The average Bonchev–Trinajstić information content (AvgIpc) is 2.30. The summed E-state index contributed by atoms with van der Waals surface area (Å²) in [6.45, 7) is 0. The van der Waals surface area contributed by atoms with Crippen LogP contribution in [0, 0.1) is 5.82 Å². The number of hydrogen-bond donors (Lipinski definition) is 2. The highest BCUT2D eigenvalue weighted by atomic mass is 79.9. The van der Waals surface area contributed by atoms with Gasteiger partial charge in [-0.15, -0.1) is 0 Å². The molecule has 4 nitrogen and oxygen atoms in total. The van der Waals surface area contributed by atoms with Crippen molar-refractivity contribution < 1.29 is 4.39 Å². The van der Waals surface area contributed by atoms with Crippen LogP contribution in [0.5, 0.6) is 0 Å². The zero-order valence-electron chi connectivity index (χ0n) is 8.42. The number of nitrogens with two attached hydrogens (primary N) is 1. The first-order chi connectivity index (χ1) is 8.08. The van der Waals surface area contributed by atoms with Crippen LogP contribution in [0.25, 0.3) is 0 Å². The normalized spacial score (nSPS) is 10.3. The lowest BCUT2D eigenvalue weighted by Crippen LogP contribution is -2.00. The molecule has 2 rings (SSSR count). The molecule has 2 aromatic rings. The van der Waals surface area contributed by atoms with Gasteiger partial charge < -0.3 is 11.1 Å². The maximum Gasteiger partial charge on any atom is 0.150 e. The Morgan fingerprint density at radius 3 is 2.71 bits per heavy atom. The van der Waals surface area contributed by atoms with E-state index in [9.17, 15) is 4.39 Å². The molecule has 0 aliphatic carbocycles. The third-order valence-electron chi connectivity index (χ3n) is 2.00. The van der Waals surface area contributed by atoms with E-state index in [0.29, 0.717) is 26.3 Å². The molecule has 0 saturated carbocycles. The van der Waals surface area contributed by atoms with Gasteiger partial charge in [-0.1, -0.05) is 0 Å². The van der Waals surface area contributed by atoms with Gasteiger partial charge in [0, 0.05) is 5.69 Å². The summed E-state index contributed by atoms with van der Waals surface area (Å²) in [4.78, 5) is 7.85. The van der Waals surface area contributed by atoms with Gasteiger partial charge >= 0.3 is 0 Å². The number of benzene rings is 1. The van der Waals surface area contributed by atoms with Crippen LogP contribution in [-0.4, -0.2) is 9.97 Å². The fourth-order valence-electron chi connectivity index (χ4n) is 1.18. The van der Waals surface area contributed by atoms with Gasteiger partial charge in [-0.2, -0.15) is 0 Å². The highest BCUT2D eigenvalue weighted by Crippen LogP contribution is 2.28. The number of nitrogens with one attached hydrogen (secondary N) is 1. The van der Waals surface area contributed by atoms with Crippen molar-refractivity contribution >= 4 is 49.2 Å². The van der Waals surface area contributed by atoms with Crippen molar-refractivity contribution in [3.05, 3.63) is 39.3 Å². The lowest BCUT2D eigenvalue weighted by molar-refractivity contribution is 0.621. The molecule has 7 heteroatoms. The summed E-state index contributed by atoms with van der Waals surface area (Å²) in [5.74, 6) is 0.538. The Bertz CT molecular complexity index is 562. The zero-order valence-corrected chi connectivity index (χ0v) is 11.6. The Hall–Kier alpha value is -1.21. The lowest BCUT2D eigenvalue weighted by atomic mass is 10.3. The number of anilines is 3. The van der Waals surface area contributed by atoms with Crippen molar-refractivity contribution in [3.63, 3.8) is 0 Å². The molecule has 1 aromatic heterocycles. The van der Waals surface area contributed by atoms with Crippen LogP contribution >= 0.6 is 31.9 Å². The summed E-state index contributed by atoms with van der Waals surface area (Å²) in [5, 5.41) is 3.01. The Kier molecular flexibility index (Phi) is 3.58. The van der Waals surface area contributed by atoms with Gasteiger partial charge in [0.05, 0.1) is 4.47 Å². The third kappa shape index (κ3) is 2.73. The van der Waals surface area contributed by atoms with Crippen molar-refractivity contribution in [3.8, 4) is 0 Å². The molecule has 0 aliphatic heterocycles. The van der Waals surface area contributed by atoms with Crippen LogP contribution in [0.2, 0.25) is 0 Å². The largest absolute Gasteiger partial charge is 0.383 e. The van der Waals surface area contributed by atoms with Crippen LogP contribution in [0.4, 0.5) is 21.7 Å². The van der Waals surface area contributed by atoms with E-state index < -0.39 is 0 Å². The highest BCUT2D eigenvalue weighted by molar-refractivity contribution is 9.11. The molecule has 0 bridgehead atoms. The first kappa shape index (κ1) is 12.3. The monoisotopic (exact) mass is 360 g/mol. The number of halogens is 3. The van der Waals surface area contributed by atoms with Gasteiger partial charge in [-0.25, -0.2) is 14.4 Å². The van der Waals surface area contributed by atoms with Crippen LogP contribution in [0.3, 0.4) is 0 Å². The molecule has 0 unspecified atom stereocenters. The lowest BCUT2D eigenvalue weighted by Gasteiger charge is -2.08. The van der Waals surface area contributed by atoms with Crippen molar-refractivity contribution in [2.24, 2.45) is 0 Å². The summed E-state index contributed by atoms with van der Waals surface area (Å²) in [6.07, 6.45) is 1.35. The van der Waals surface area contributed by atoms with Gasteiger partial charge in [0.25, 0.3) is 0 Å². The summed E-state index contributed by atoms with van der Waals surface area (Å²) in [5.41, 5.74) is 6.31. The Labute approximate surface area is 114 Å². The Morgan fingerprint density at radius 2 is 2.00 bits per heavy atom. The SMILES string of the molecule is Nc1ncnc(Nc2ccc(F)c(Br)c2)c1Br. The predicted molar refractivity (Wildman–Crippen MR) is 71.5 cm³/mol. The highest BCUT2D eigenvalue weighted by Gasteiger charge is 2.07. The van der Waals surface area contributed by atoms with E-state index in [1.165, 1.54) is 12.4 Å². The molecule has 1 heterocycles. The molecule has 3 N–H and O–H groups in total. The molecule has 0 spiro atoms. The van der Waals surface area contributed by atoms with Gasteiger partial charge in [-0.3, -0.25) is 0 Å². The predicted octanol–water partition coefficient (Wildman–Crippen LogP) is 3.47. The maximum absolute atomic E-state index is 13.1. The second-order valence-corrected chi connectivity index (χ2v) is 4.82. The van der Waals surface area contributed by atoms with E-state index in [-0.39, 0.29) is 5.82 Å². The van der Waals surface area contributed by atoms with Crippen LogP contribution in [-0.2, 0) is 0 Å². The molecule has 0 radical (unpaired) electrons. The minimum atomic E-state index is -0.322. The quantitative estimate of drug-likeness (QED) is 0.859. The topological polar surface area (TPSA) is 63.8 Å². The number of hydrogen-bond acceptors (Lipinski definition) is 4. The average molecular weight is 362 g/mol. The van der Waals surface area contributed by atoms with Gasteiger partial charge in [-0.05, 0) is 50.1 Å². The van der Waals surface area contributed by atoms with Crippen LogP contribution in [0.1, 0.15) is 0 Å². The molecule has 0 saturated heterocycles. The van der Waals surface area contributed by atoms with E-state index >= 15 is 0 Å². The molecule has 0 fully saturated rings. The first-order valence-corrected chi connectivity index (χ1v) is 6.14. The molecular formula is C10H7Br2FN4. The number of aromatic nitrogens is 2. The van der Waals surface area contributed by atoms with Crippen LogP contribution < -0.4 is 11.1 Å². The maximum atomic E-state index is 13.1. The van der Waals surface area contributed by atoms with Gasteiger partial charge in [0.2, 0.25) is 0 Å². The molecular weight excluding hydrogens is 355 g/mol. The second-order valence-electron chi connectivity index (χ2n) is 3.18. The van der Waals surface area contributed by atoms with Crippen molar-refractivity contribution in [1.29, 1.82) is 0 Å². The standard InChI is InChI=1S/C10H7Br2FN4/c11-6-3-5(1-2-7(6)13)17-10-8(12)9(14)15-4-16-10/h1-4H,(H3,14,15,16,17). The number of nitrogens with zero attached hydrogens (tertiary/aromatic N) is 2. The molecule has 1 aromatic carbocycles. The minimum Gasteiger partial charge on any atom is -0.383 e. The molecule has 17 heavy (non-hydrogen) atoms. The van der Waals surface area contributed by atoms with Gasteiger partial charge in [0.15, 0.2) is 0 Å². The van der Waals surface area contributed by atoms with Crippen LogP contribution in [0.15, 0.2) is 33.5 Å². The fourth-order valence-corrected chi connectivity index (χ4v) is 1.86. The van der Waals surface area contributed by atoms with Gasteiger partial charge in [0.1, 0.15) is 28.3 Å². The summed E-state index contributed by atoms with van der Waals surface area (Å²) >= 11 is 6.38. The summed E-state index contributed by atoms with van der Waals surface area (Å²) < 4.78 is 14.0. The molecule has 0 aliphatic rings. The van der Waals surface area contributed by atoms with E-state index in [1.807, 2.05) is 0 Å². The molecule has 0 atom stereocenters. The first-order valence-electron chi connectivity index (χ1n) is 4.56. The Balaban J connectivity index is 2.31. The molecule has 0 amide bonds. The fraction of sp³-hybridized carbons (Fsp3) is 0. The van der Waals surface area contributed by atoms with E-state index in [2.05, 4.69) is 47.1 Å². The number of nitrogen functional groups attached to an aromatic ring is 1. The van der Waals surface area contributed by atoms with Crippen molar-refractivity contribution in [1.82, 2.24) is 9.97 Å². The van der Waals surface area contributed by atoms with E-state index in [1.54, 1.807) is 12.1 Å². The molecule has 88 valence electrons. The zero-order chi connectivity index (χ0) is 12.4. The van der Waals surface area contributed by atoms with E-state index in [0.717, 1.165) is 0 Å². The van der Waals surface area contributed by atoms with Crippen molar-refractivity contribution in [2.75, 3.05) is 11.1 Å². The van der Waals surface area contributed by atoms with E-state index in [4.69, 9.17) is 5.73 Å². The second kappa shape index (κ2) is 4.97. The minimum absolute atomic E-state index is 0.322. The smallest absolute Gasteiger partial charge is 0.150 e. The van der Waals surface area contributed by atoms with Crippen molar-refractivity contribution in [2.45, 2.75) is 0 Å². The summed E-state index contributed by atoms with van der Waals surface area (Å²) in [6, 6.07) is 4.57. The summed E-state index contributed by atoms with van der Waals surface area (Å²) in [7, 11) is 0. The Morgan fingerprint density at radius 1 is 1.24 bits per heavy atom.